The molecule has 2 atom stereocenters. The fourth-order valence-electron chi connectivity index (χ4n) is 5.05. The highest BCUT2D eigenvalue weighted by Crippen LogP contribution is 2.37. The molecule has 194 valence electrons. The molecule has 0 bridgehead atoms. The number of carboxylic acid groups (broad SMARTS) is 1. The van der Waals surface area contributed by atoms with E-state index in [2.05, 4.69) is 17.4 Å². The van der Waals surface area contributed by atoms with E-state index in [1.165, 1.54) is 10.6 Å². The topological polar surface area (TPSA) is 132 Å². The first kappa shape index (κ1) is 26.1. The summed E-state index contributed by atoms with van der Waals surface area (Å²) in [4.78, 5) is 35.3. The first-order chi connectivity index (χ1) is 17.5. The van der Waals surface area contributed by atoms with Gasteiger partial charge in [-0.05, 0) is 68.1 Å². The molecule has 1 unspecified atom stereocenters. The van der Waals surface area contributed by atoms with Crippen LogP contribution in [-0.2, 0) is 27.3 Å². The Kier molecular flexibility index (Phi) is 8.90. The van der Waals surface area contributed by atoms with Crippen LogP contribution in [0, 0.1) is 5.92 Å². The van der Waals surface area contributed by atoms with E-state index in [1.807, 2.05) is 6.07 Å². The predicted molar refractivity (Wildman–Crippen MR) is 133 cm³/mol. The molecule has 1 aliphatic heterocycles. The van der Waals surface area contributed by atoms with Gasteiger partial charge in [0.25, 0.3) is 0 Å². The van der Waals surface area contributed by atoms with Gasteiger partial charge in [0.1, 0.15) is 17.8 Å². The molecule has 1 fully saturated rings. The van der Waals surface area contributed by atoms with Crippen molar-refractivity contribution in [3.63, 3.8) is 0 Å². The van der Waals surface area contributed by atoms with Crippen LogP contribution in [0.25, 0.3) is 0 Å². The standard InChI is InChI=1S/C27H35N3O6/c31-14-12-24(26(33)34)30(36-27(35)23(17-32)19-5-2-1-3-6-19)22-15-18(16-22)8-10-21-11-9-20-7-4-13-28-25(20)29-21/h1-3,5-6,9,11,18,22-24,31-32H,4,7-8,10,12-17H2,(H,28,29)(H,33,34)/t18?,22?,23?,24-/m0/s1. The maximum Gasteiger partial charge on any atom is 0.334 e. The molecular weight excluding hydrogens is 462 g/mol. The Balaban J connectivity index is 1.38. The number of carbonyl (C=O) groups is 2. The molecule has 0 saturated heterocycles. The number of hydroxylamine groups is 2. The van der Waals surface area contributed by atoms with E-state index < -0.39 is 30.5 Å². The van der Waals surface area contributed by atoms with Crippen LogP contribution in [0.1, 0.15) is 54.8 Å². The number of aliphatic hydroxyl groups is 2. The number of aliphatic hydroxyl groups excluding tert-OH is 2. The zero-order valence-electron chi connectivity index (χ0n) is 20.4. The maximum atomic E-state index is 13.0. The van der Waals surface area contributed by atoms with Gasteiger partial charge in [0.15, 0.2) is 0 Å². The van der Waals surface area contributed by atoms with Crippen LogP contribution >= 0.6 is 0 Å². The Morgan fingerprint density at radius 1 is 1.14 bits per heavy atom. The molecule has 9 heteroatoms. The van der Waals surface area contributed by atoms with Gasteiger partial charge in [-0.15, -0.1) is 5.06 Å². The van der Waals surface area contributed by atoms with Crippen LogP contribution in [0.5, 0.6) is 0 Å². The molecule has 2 aliphatic rings. The van der Waals surface area contributed by atoms with E-state index in [0.717, 1.165) is 43.7 Å². The van der Waals surface area contributed by atoms with Crippen LogP contribution in [0.3, 0.4) is 0 Å². The summed E-state index contributed by atoms with van der Waals surface area (Å²) in [5, 5.41) is 33.6. The molecule has 0 amide bonds. The monoisotopic (exact) mass is 497 g/mol. The molecular formula is C27H35N3O6. The Hall–Kier alpha value is -3.01. The van der Waals surface area contributed by atoms with Crippen molar-refractivity contribution >= 4 is 17.8 Å². The number of rotatable bonds is 12. The minimum atomic E-state index is -1.16. The Morgan fingerprint density at radius 2 is 1.92 bits per heavy atom. The summed E-state index contributed by atoms with van der Waals surface area (Å²) < 4.78 is 0. The van der Waals surface area contributed by atoms with Gasteiger partial charge in [0, 0.05) is 24.9 Å². The normalized spacial score (nSPS) is 20.5. The number of hydrogen-bond donors (Lipinski definition) is 4. The number of nitrogens with zero attached hydrogens (tertiary/aromatic N) is 2. The predicted octanol–water partition coefficient (Wildman–Crippen LogP) is 2.52. The molecule has 1 aromatic heterocycles. The van der Waals surface area contributed by atoms with Gasteiger partial charge in [-0.25, -0.2) is 9.78 Å². The van der Waals surface area contributed by atoms with Crippen molar-refractivity contribution in [1.82, 2.24) is 10.0 Å². The first-order valence-corrected chi connectivity index (χ1v) is 12.7. The smallest absolute Gasteiger partial charge is 0.334 e. The molecule has 9 nitrogen and oxygen atoms in total. The van der Waals surface area contributed by atoms with Crippen molar-refractivity contribution in [3.8, 4) is 0 Å². The molecule has 2 aromatic rings. The van der Waals surface area contributed by atoms with E-state index in [9.17, 15) is 24.9 Å². The fraction of sp³-hybridized carbons (Fsp3) is 0.519. The van der Waals surface area contributed by atoms with E-state index in [1.54, 1.807) is 24.3 Å². The lowest BCUT2D eigenvalue weighted by Gasteiger charge is -2.43. The molecule has 1 aromatic carbocycles. The van der Waals surface area contributed by atoms with E-state index >= 15 is 0 Å². The Labute approximate surface area is 211 Å². The summed E-state index contributed by atoms with van der Waals surface area (Å²) >= 11 is 0. The SMILES string of the molecule is O=C(ON(C1CC(CCc2ccc3c(n2)NCCC3)C1)[C@@H](CCO)C(=O)O)C(CO)c1ccccc1. The molecule has 1 aliphatic carbocycles. The van der Waals surface area contributed by atoms with Gasteiger partial charge in [-0.2, -0.15) is 0 Å². The lowest BCUT2D eigenvalue weighted by molar-refractivity contribution is -0.235. The van der Waals surface area contributed by atoms with Crippen LogP contribution in [-0.4, -0.2) is 69.1 Å². The fourth-order valence-corrected chi connectivity index (χ4v) is 5.05. The van der Waals surface area contributed by atoms with Gasteiger partial charge in [0.05, 0.1) is 6.61 Å². The summed E-state index contributed by atoms with van der Waals surface area (Å²) in [6.07, 6.45) is 5.20. The minimum absolute atomic E-state index is 0.0645. The minimum Gasteiger partial charge on any atom is -0.480 e. The number of aromatic nitrogens is 1. The number of carboxylic acids is 1. The third-order valence-electron chi connectivity index (χ3n) is 7.19. The number of benzene rings is 1. The Bertz CT molecular complexity index is 1030. The van der Waals surface area contributed by atoms with Crippen molar-refractivity contribution in [2.24, 2.45) is 5.92 Å². The largest absolute Gasteiger partial charge is 0.480 e. The zero-order valence-corrected chi connectivity index (χ0v) is 20.4. The second kappa shape index (κ2) is 12.3. The number of nitrogens with one attached hydrogen (secondary N) is 1. The van der Waals surface area contributed by atoms with Crippen LogP contribution in [0.4, 0.5) is 5.82 Å². The quantitative estimate of drug-likeness (QED) is 0.327. The van der Waals surface area contributed by atoms with E-state index in [4.69, 9.17) is 9.82 Å². The number of pyridine rings is 1. The lowest BCUT2D eigenvalue weighted by Crippen LogP contribution is -2.54. The number of aliphatic carboxylic acids is 1. The Morgan fingerprint density at radius 3 is 2.61 bits per heavy atom. The van der Waals surface area contributed by atoms with Crippen LogP contribution in [0.15, 0.2) is 42.5 Å². The number of fused-ring (bicyclic) bond motifs is 1. The average molecular weight is 498 g/mol. The van der Waals surface area contributed by atoms with Gasteiger partial charge in [0.2, 0.25) is 0 Å². The number of aryl methyl sites for hydroxylation is 2. The second-order valence-corrected chi connectivity index (χ2v) is 9.65. The number of anilines is 1. The highest BCUT2D eigenvalue weighted by atomic mass is 16.7. The van der Waals surface area contributed by atoms with Crippen molar-refractivity contribution in [2.45, 2.75) is 62.9 Å². The molecule has 36 heavy (non-hydrogen) atoms. The van der Waals surface area contributed by atoms with Gasteiger partial charge in [-0.3, -0.25) is 4.79 Å². The van der Waals surface area contributed by atoms with E-state index in [-0.39, 0.29) is 19.1 Å². The second-order valence-electron chi connectivity index (χ2n) is 9.65. The number of hydrogen-bond acceptors (Lipinski definition) is 8. The highest BCUT2D eigenvalue weighted by Gasteiger charge is 2.42. The van der Waals surface area contributed by atoms with Crippen molar-refractivity contribution < 1.29 is 29.7 Å². The van der Waals surface area contributed by atoms with Crippen molar-refractivity contribution in [1.29, 1.82) is 0 Å². The van der Waals surface area contributed by atoms with Crippen LogP contribution < -0.4 is 5.32 Å². The average Bonchev–Trinajstić information content (AvgIpc) is 2.86. The summed E-state index contributed by atoms with van der Waals surface area (Å²) in [6.45, 7) is 0.147. The van der Waals surface area contributed by atoms with Crippen molar-refractivity contribution in [3.05, 3.63) is 59.3 Å². The number of carbonyl (C=O) groups excluding carboxylic acids is 1. The molecule has 0 spiro atoms. The molecule has 2 heterocycles. The van der Waals surface area contributed by atoms with Gasteiger partial charge < -0.3 is 25.5 Å². The molecule has 4 rings (SSSR count). The molecule has 1 saturated carbocycles. The van der Waals surface area contributed by atoms with E-state index in [0.29, 0.717) is 24.3 Å². The third kappa shape index (κ3) is 6.21. The van der Waals surface area contributed by atoms with Crippen molar-refractivity contribution in [2.75, 3.05) is 25.1 Å². The van der Waals surface area contributed by atoms with Gasteiger partial charge >= 0.3 is 11.9 Å². The summed E-state index contributed by atoms with van der Waals surface area (Å²) in [5.41, 5.74) is 2.89. The molecule has 0 radical (unpaired) electrons. The lowest BCUT2D eigenvalue weighted by atomic mass is 9.76. The zero-order chi connectivity index (χ0) is 25.5. The first-order valence-electron chi connectivity index (χ1n) is 12.7. The summed E-state index contributed by atoms with van der Waals surface area (Å²) in [5.74, 6) is -1.45. The molecule has 4 N–H and O–H groups in total. The van der Waals surface area contributed by atoms with Crippen LogP contribution in [0.2, 0.25) is 0 Å². The maximum absolute atomic E-state index is 13.0. The summed E-state index contributed by atoms with van der Waals surface area (Å²) in [7, 11) is 0. The summed E-state index contributed by atoms with van der Waals surface area (Å²) in [6, 6.07) is 11.6. The third-order valence-corrected chi connectivity index (χ3v) is 7.19. The van der Waals surface area contributed by atoms with Gasteiger partial charge in [-0.1, -0.05) is 36.4 Å². The highest BCUT2D eigenvalue weighted by molar-refractivity contribution is 5.79.